The molecule has 9 nitrogen and oxygen atoms in total. The minimum atomic E-state index is -1.08. The molecule has 9 heteroatoms. The minimum absolute atomic E-state index is 0.0730. The van der Waals surface area contributed by atoms with Gasteiger partial charge in [-0.15, -0.1) is 0 Å². The summed E-state index contributed by atoms with van der Waals surface area (Å²) in [6, 6.07) is -1.60. The third-order valence-electron chi connectivity index (χ3n) is 2.83. The molecule has 0 aromatic rings. The van der Waals surface area contributed by atoms with Crippen molar-refractivity contribution in [2.45, 2.75) is 24.9 Å². The van der Waals surface area contributed by atoms with Crippen molar-refractivity contribution < 1.29 is 23.9 Å². The fourth-order valence-corrected chi connectivity index (χ4v) is 1.69. The molecule has 0 spiro atoms. The fraction of sp³-hybridized carbons (Fsp3) is 0.636. The average molecular weight is 286 g/mol. The Bertz CT molecular complexity index is 406. The number of nitrogens with one attached hydrogen (secondary N) is 2. The highest BCUT2D eigenvalue weighted by Gasteiger charge is 2.26. The zero-order chi connectivity index (χ0) is 15.1. The molecule has 0 bridgehead atoms. The van der Waals surface area contributed by atoms with E-state index < -0.39 is 35.6 Å². The predicted octanol–water partition coefficient (Wildman–Crippen LogP) is -3.22. The topological polar surface area (TPSA) is 154 Å². The Morgan fingerprint density at radius 1 is 1.30 bits per heavy atom. The van der Waals surface area contributed by atoms with Gasteiger partial charge in [0.25, 0.3) is 5.91 Å². The SMILES string of the molecule is NC(=O)C(=O)CCC(NC(=O)[C@H]1COCCN1)C(N)=O. The van der Waals surface area contributed by atoms with E-state index in [0.29, 0.717) is 13.2 Å². The summed E-state index contributed by atoms with van der Waals surface area (Å²) >= 11 is 0. The van der Waals surface area contributed by atoms with Crippen molar-refractivity contribution in [3.8, 4) is 0 Å². The number of Topliss-reactive ketones (excluding diaryl/α,β-unsaturated/α-hetero) is 1. The van der Waals surface area contributed by atoms with Crippen molar-refractivity contribution in [3.05, 3.63) is 0 Å². The molecule has 1 aliphatic rings. The summed E-state index contributed by atoms with van der Waals surface area (Å²) in [7, 11) is 0. The Labute approximate surface area is 115 Å². The summed E-state index contributed by atoms with van der Waals surface area (Å²) in [5, 5.41) is 5.34. The number of primary amides is 2. The van der Waals surface area contributed by atoms with Crippen molar-refractivity contribution in [3.63, 3.8) is 0 Å². The first kappa shape index (κ1) is 16.1. The summed E-state index contributed by atoms with van der Waals surface area (Å²) in [6.45, 7) is 1.23. The Morgan fingerprint density at radius 2 is 2.00 bits per heavy atom. The molecular weight excluding hydrogens is 268 g/mol. The van der Waals surface area contributed by atoms with Gasteiger partial charge in [-0.05, 0) is 6.42 Å². The summed E-state index contributed by atoms with van der Waals surface area (Å²) in [6.07, 6.45) is -0.325. The van der Waals surface area contributed by atoms with Crippen LogP contribution in [0.1, 0.15) is 12.8 Å². The second kappa shape index (κ2) is 7.56. The highest BCUT2D eigenvalue weighted by molar-refractivity contribution is 6.35. The van der Waals surface area contributed by atoms with Gasteiger partial charge < -0.3 is 26.8 Å². The van der Waals surface area contributed by atoms with E-state index in [4.69, 9.17) is 16.2 Å². The highest BCUT2D eigenvalue weighted by atomic mass is 16.5. The van der Waals surface area contributed by atoms with Gasteiger partial charge >= 0.3 is 0 Å². The van der Waals surface area contributed by atoms with Gasteiger partial charge in [0.05, 0.1) is 13.2 Å². The van der Waals surface area contributed by atoms with Crippen molar-refractivity contribution in [2.75, 3.05) is 19.8 Å². The van der Waals surface area contributed by atoms with Gasteiger partial charge in [0.1, 0.15) is 12.1 Å². The second-order valence-corrected chi connectivity index (χ2v) is 4.37. The maximum atomic E-state index is 11.9. The number of ketones is 1. The molecule has 1 aliphatic heterocycles. The molecule has 6 N–H and O–H groups in total. The number of hydrogen-bond acceptors (Lipinski definition) is 6. The van der Waals surface area contributed by atoms with E-state index in [2.05, 4.69) is 10.6 Å². The number of ether oxygens (including phenoxy) is 1. The quantitative estimate of drug-likeness (QED) is 0.361. The van der Waals surface area contributed by atoms with Gasteiger partial charge in [0.15, 0.2) is 0 Å². The van der Waals surface area contributed by atoms with Crippen LogP contribution in [0.2, 0.25) is 0 Å². The molecule has 1 saturated heterocycles. The van der Waals surface area contributed by atoms with E-state index in [9.17, 15) is 19.2 Å². The first-order valence-corrected chi connectivity index (χ1v) is 6.15. The van der Waals surface area contributed by atoms with Gasteiger partial charge in [0, 0.05) is 13.0 Å². The molecule has 1 heterocycles. The van der Waals surface area contributed by atoms with E-state index >= 15 is 0 Å². The van der Waals surface area contributed by atoms with Crippen molar-refractivity contribution >= 4 is 23.5 Å². The summed E-state index contributed by atoms with van der Waals surface area (Å²) in [4.78, 5) is 44.8. The molecule has 20 heavy (non-hydrogen) atoms. The van der Waals surface area contributed by atoms with E-state index in [-0.39, 0.29) is 19.4 Å². The lowest BCUT2D eigenvalue weighted by Crippen LogP contribution is -2.55. The van der Waals surface area contributed by atoms with Crippen LogP contribution in [0.25, 0.3) is 0 Å². The predicted molar refractivity (Wildman–Crippen MR) is 67.2 cm³/mol. The maximum absolute atomic E-state index is 11.9. The molecule has 0 aromatic carbocycles. The van der Waals surface area contributed by atoms with Crippen LogP contribution in [0.4, 0.5) is 0 Å². The Balaban J connectivity index is 2.49. The number of hydrogen-bond donors (Lipinski definition) is 4. The molecule has 1 fully saturated rings. The van der Waals surface area contributed by atoms with E-state index in [1.807, 2.05) is 0 Å². The van der Waals surface area contributed by atoms with Crippen molar-refractivity contribution in [1.29, 1.82) is 0 Å². The van der Waals surface area contributed by atoms with E-state index in [1.165, 1.54) is 0 Å². The van der Waals surface area contributed by atoms with Crippen molar-refractivity contribution in [1.82, 2.24) is 10.6 Å². The van der Waals surface area contributed by atoms with Crippen LogP contribution >= 0.6 is 0 Å². The minimum Gasteiger partial charge on any atom is -0.378 e. The number of rotatable bonds is 7. The molecule has 0 aromatic heterocycles. The Kier molecular flexibility index (Phi) is 6.07. The smallest absolute Gasteiger partial charge is 0.284 e. The largest absolute Gasteiger partial charge is 0.378 e. The van der Waals surface area contributed by atoms with Gasteiger partial charge in [-0.2, -0.15) is 0 Å². The molecule has 2 atom stereocenters. The lowest BCUT2D eigenvalue weighted by atomic mass is 10.1. The summed E-state index contributed by atoms with van der Waals surface area (Å²) in [5.74, 6) is -3.13. The number of morpholine rings is 1. The van der Waals surface area contributed by atoms with Crippen LogP contribution in [-0.4, -0.2) is 55.3 Å². The summed E-state index contributed by atoms with van der Waals surface area (Å²) in [5.41, 5.74) is 9.94. The summed E-state index contributed by atoms with van der Waals surface area (Å²) < 4.78 is 5.12. The Hall–Kier alpha value is -2.00. The number of nitrogens with two attached hydrogens (primary N) is 2. The van der Waals surface area contributed by atoms with Crippen LogP contribution < -0.4 is 22.1 Å². The van der Waals surface area contributed by atoms with Gasteiger partial charge in [0.2, 0.25) is 17.6 Å². The Morgan fingerprint density at radius 3 is 2.50 bits per heavy atom. The standard InChI is InChI=1S/C11H18N4O5/c12-9(17)6(1-2-8(16)10(13)18)15-11(19)7-5-20-4-3-14-7/h6-7,14H,1-5H2,(H2,12,17)(H2,13,18)(H,15,19)/t6?,7-/m1/s1. The molecule has 1 rings (SSSR count). The van der Waals surface area contributed by atoms with E-state index in [0.717, 1.165) is 0 Å². The van der Waals surface area contributed by atoms with Crippen LogP contribution in [0, 0.1) is 0 Å². The molecule has 3 amide bonds. The van der Waals surface area contributed by atoms with Gasteiger partial charge in [-0.1, -0.05) is 0 Å². The first-order valence-electron chi connectivity index (χ1n) is 6.15. The average Bonchev–Trinajstić information content (AvgIpc) is 2.43. The third-order valence-corrected chi connectivity index (χ3v) is 2.83. The lowest BCUT2D eigenvalue weighted by Gasteiger charge is -2.24. The molecule has 0 saturated carbocycles. The highest BCUT2D eigenvalue weighted by Crippen LogP contribution is 2.00. The zero-order valence-corrected chi connectivity index (χ0v) is 10.9. The third kappa shape index (κ3) is 4.94. The van der Waals surface area contributed by atoms with Crippen LogP contribution in [0.15, 0.2) is 0 Å². The molecule has 112 valence electrons. The van der Waals surface area contributed by atoms with Crippen LogP contribution in [0.3, 0.4) is 0 Å². The zero-order valence-electron chi connectivity index (χ0n) is 10.9. The molecular formula is C11H18N4O5. The number of carbonyl (C=O) groups is 4. The van der Waals surface area contributed by atoms with Crippen molar-refractivity contribution in [2.24, 2.45) is 11.5 Å². The first-order chi connectivity index (χ1) is 9.41. The van der Waals surface area contributed by atoms with Crippen LogP contribution in [0.5, 0.6) is 0 Å². The molecule has 0 aliphatic carbocycles. The van der Waals surface area contributed by atoms with Gasteiger partial charge in [-0.25, -0.2) is 0 Å². The molecule has 1 unspecified atom stereocenters. The lowest BCUT2D eigenvalue weighted by molar-refractivity contribution is -0.136. The normalized spacial score (nSPS) is 19.9. The fourth-order valence-electron chi connectivity index (χ4n) is 1.69. The monoisotopic (exact) mass is 286 g/mol. The maximum Gasteiger partial charge on any atom is 0.284 e. The molecule has 0 radical (unpaired) electrons. The number of amides is 3. The number of carbonyl (C=O) groups excluding carboxylic acids is 4. The van der Waals surface area contributed by atoms with Gasteiger partial charge in [-0.3, -0.25) is 19.2 Å². The second-order valence-electron chi connectivity index (χ2n) is 4.37. The van der Waals surface area contributed by atoms with Crippen LogP contribution in [-0.2, 0) is 23.9 Å². The van der Waals surface area contributed by atoms with E-state index in [1.54, 1.807) is 0 Å².